The monoisotopic (exact) mass is 144 g/mol. The summed E-state index contributed by atoms with van der Waals surface area (Å²) in [5.74, 6) is 1.28. The number of ketones is 1. The number of halogens is 2. The highest BCUT2D eigenvalue weighted by molar-refractivity contribution is 5.85. The van der Waals surface area contributed by atoms with Crippen molar-refractivity contribution in [1.82, 2.24) is 0 Å². The predicted molar refractivity (Wildman–Crippen MR) is 31.5 cm³/mol. The van der Waals surface area contributed by atoms with Gasteiger partial charge in [-0.15, -0.1) is 4.39 Å². The molecule has 10 heavy (non-hydrogen) atoms. The Morgan fingerprint density at radius 3 is 2.70 bits per heavy atom. The van der Waals surface area contributed by atoms with Crippen LogP contribution in [-0.2, 0) is 4.79 Å². The van der Waals surface area contributed by atoms with Crippen LogP contribution < -0.4 is 0 Å². The van der Waals surface area contributed by atoms with Crippen LogP contribution in [0.4, 0.5) is 8.78 Å². The molecule has 0 heterocycles. The van der Waals surface area contributed by atoms with E-state index in [1.807, 2.05) is 0 Å². The molecule has 0 saturated heterocycles. The van der Waals surface area contributed by atoms with Gasteiger partial charge in [-0.05, 0) is 6.42 Å². The van der Waals surface area contributed by atoms with E-state index in [1.54, 1.807) is 0 Å². The van der Waals surface area contributed by atoms with Gasteiger partial charge in [0.05, 0.1) is 0 Å². The second kappa shape index (κ2) is 2.78. The van der Waals surface area contributed by atoms with E-state index in [2.05, 4.69) is 5.92 Å². The van der Waals surface area contributed by atoms with Crippen molar-refractivity contribution in [3.8, 4) is 12.1 Å². The minimum absolute atomic E-state index is 0.0652. The molecule has 0 amide bonds. The summed E-state index contributed by atoms with van der Waals surface area (Å²) >= 11 is 0. The van der Waals surface area contributed by atoms with Gasteiger partial charge in [0.25, 0.3) is 0 Å². The number of hydrogen-bond donors (Lipinski definition) is 0. The maximum absolute atomic E-state index is 12.4. The fraction of sp³-hybridized carbons (Fsp3) is 0.571. The van der Waals surface area contributed by atoms with Crippen LogP contribution in [-0.4, -0.2) is 12.0 Å². The summed E-state index contributed by atoms with van der Waals surface area (Å²) in [7, 11) is 0. The standard InChI is InChI=1S/C7H6F2O/c8-2-1-5-3-6(9)7(10)4-5/h5-6H,3-4H2. The Balaban J connectivity index is 2.54. The van der Waals surface area contributed by atoms with E-state index in [9.17, 15) is 13.6 Å². The molecule has 2 unspecified atom stereocenters. The zero-order valence-corrected chi connectivity index (χ0v) is 5.23. The fourth-order valence-electron chi connectivity index (χ4n) is 1.02. The van der Waals surface area contributed by atoms with Crippen LogP contribution in [0.3, 0.4) is 0 Å². The third kappa shape index (κ3) is 1.32. The average molecular weight is 144 g/mol. The summed E-state index contributed by atoms with van der Waals surface area (Å²) in [5.41, 5.74) is 0. The molecule has 1 saturated carbocycles. The molecule has 3 heteroatoms. The highest BCUT2D eigenvalue weighted by atomic mass is 19.1. The van der Waals surface area contributed by atoms with Crippen LogP contribution in [0.1, 0.15) is 12.8 Å². The molecule has 54 valence electrons. The number of alkyl halides is 1. The first kappa shape index (κ1) is 7.20. The highest BCUT2D eigenvalue weighted by Crippen LogP contribution is 2.23. The molecule has 0 aliphatic heterocycles. The topological polar surface area (TPSA) is 17.1 Å². The molecule has 1 aliphatic carbocycles. The largest absolute Gasteiger partial charge is 0.296 e. The van der Waals surface area contributed by atoms with Crippen molar-refractivity contribution in [3.63, 3.8) is 0 Å². The van der Waals surface area contributed by atoms with Crippen molar-refractivity contribution in [3.05, 3.63) is 0 Å². The van der Waals surface area contributed by atoms with Gasteiger partial charge < -0.3 is 0 Å². The summed E-state index contributed by atoms with van der Waals surface area (Å²) in [6, 6.07) is 0. The Hall–Kier alpha value is -0.910. The van der Waals surface area contributed by atoms with Gasteiger partial charge in [-0.2, -0.15) is 0 Å². The SMILES string of the molecule is O=C1CC(C#CF)CC1F. The first-order valence-electron chi connectivity index (χ1n) is 3.02. The number of carbonyl (C=O) groups excluding carboxylic acids is 1. The summed E-state index contributed by atoms with van der Waals surface area (Å²) in [6.45, 7) is 0. The van der Waals surface area contributed by atoms with Crippen LogP contribution >= 0.6 is 0 Å². The normalized spacial score (nSPS) is 31.6. The van der Waals surface area contributed by atoms with Gasteiger partial charge in [-0.3, -0.25) is 4.79 Å². The number of rotatable bonds is 0. The average Bonchev–Trinajstić information content (AvgIpc) is 2.14. The molecule has 1 fully saturated rings. The molecule has 1 nitrogen and oxygen atoms in total. The smallest absolute Gasteiger partial charge is 0.168 e. The summed E-state index contributed by atoms with van der Waals surface area (Å²) in [4.78, 5) is 10.5. The lowest BCUT2D eigenvalue weighted by Crippen LogP contribution is -2.04. The first-order chi connectivity index (χ1) is 4.74. The molecule has 0 bridgehead atoms. The maximum Gasteiger partial charge on any atom is 0.168 e. The Morgan fingerprint density at radius 1 is 1.60 bits per heavy atom. The molecule has 0 aromatic rings. The van der Waals surface area contributed by atoms with Crippen LogP contribution in [0.25, 0.3) is 0 Å². The van der Waals surface area contributed by atoms with E-state index in [-0.39, 0.29) is 12.8 Å². The lowest BCUT2D eigenvalue weighted by molar-refractivity contribution is -0.121. The molecular formula is C7H6F2O. The van der Waals surface area contributed by atoms with E-state index in [0.29, 0.717) is 0 Å². The Bertz CT molecular complexity index is 201. The van der Waals surface area contributed by atoms with Gasteiger partial charge in [0.2, 0.25) is 0 Å². The number of hydrogen-bond acceptors (Lipinski definition) is 1. The van der Waals surface area contributed by atoms with E-state index in [1.165, 1.54) is 6.17 Å². The van der Waals surface area contributed by atoms with Crippen LogP contribution in [0.15, 0.2) is 0 Å². The minimum atomic E-state index is -1.41. The van der Waals surface area contributed by atoms with Crippen LogP contribution in [0.2, 0.25) is 0 Å². The lowest BCUT2D eigenvalue weighted by atomic mass is 10.1. The van der Waals surface area contributed by atoms with Gasteiger partial charge >= 0.3 is 0 Å². The van der Waals surface area contributed by atoms with Crippen LogP contribution in [0.5, 0.6) is 0 Å². The van der Waals surface area contributed by atoms with Crippen LogP contribution in [0, 0.1) is 18.0 Å². The molecular weight excluding hydrogens is 138 g/mol. The molecule has 0 aromatic heterocycles. The zero-order chi connectivity index (χ0) is 7.56. The fourth-order valence-corrected chi connectivity index (χ4v) is 1.02. The highest BCUT2D eigenvalue weighted by Gasteiger charge is 2.31. The van der Waals surface area contributed by atoms with Gasteiger partial charge in [0.1, 0.15) is 6.17 Å². The third-order valence-electron chi connectivity index (χ3n) is 1.55. The zero-order valence-electron chi connectivity index (χ0n) is 5.23. The molecule has 0 N–H and O–H groups in total. The quantitative estimate of drug-likeness (QED) is 0.467. The van der Waals surface area contributed by atoms with E-state index >= 15 is 0 Å². The predicted octanol–water partition coefficient (Wildman–Crippen LogP) is 1.23. The lowest BCUT2D eigenvalue weighted by Gasteiger charge is -1.91. The van der Waals surface area contributed by atoms with Crippen molar-refractivity contribution >= 4 is 5.78 Å². The van der Waals surface area contributed by atoms with Gasteiger partial charge in [-0.25, -0.2) is 4.39 Å². The molecule has 2 atom stereocenters. The second-order valence-corrected chi connectivity index (χ2v) is 2.31. The summed E-state index contributed by atoms with van der Waals surface area (Å²) in [6.07, 6.45) is -0.0966. The van der Waals surface area contributed by atoms with Crippen molar-refractivity contribution < 1.29 is 13.6 Å². The first-order valence-corrected chi connectivity index (χ1v) is 3.02. The molecule has 1 rings (SSSR count). The second-order valence-electron chi connectivity index (χ2n) is 2.31. The molecule has 0 aromatic carbocycles. The van der Waals surface area contributed by atoms with Crippen molar-refractivity contribution in [2.45, 2.75) is 19.0 Å². The third-order valence-corrected chi connectivity index (χ3v) is 1.55. The van der Waals surface area contributed by atoms with Crippen molar-refractivity contribution in [2.24, 2.45) is 5.92 Å². The molecule has 1 aliphatic rings. The Labute approximate surface area is 57.4 Å². The molecule has 0 spiro atoms. The van der Waals surface area contributed by atoms with E-state index in [0.717, 1.165) is 0 Å². The maximum atomic E-state index is 12.4. The number of carbonyl (C=O) groups is 1. The van der Waals surface area contributed by atoms with Crippen molar-refractivity contribution in [2.75, 3.05) is 0 Å². The summed E-state index contributed by atoms with van der Waals surface area (Å²) in [5, 5.41) is 0. The van der Waals surface area contributed by atoms with E-state index < -0.39 is 17.9 Å². The summed E-state index contributed by atoms with van der Waals surface area (Å²) < 4.78 is 23.7. The van der Waals surface area contributed by atoms with Gasteiger partial charge in [0, 0.05) is 12.3 Å². The Kier molecular flexibility index (Phi) is 2.00. The van der Waals surface area contributed by atoms with Crippen molar-refractivity contribution in [1.29, 1.82) is 0 Å². The molecule has 0 radical (unpaired) electrons. The van der Waals surface area contributed by atoms with E-state index in [4.69, 9.17) is 0 Å². The minimum Gasteiger partial charge on any atom is -0.296 e. The number of Topliss-reactive ketones (excluding diaryl/α,β-unsaturated/α-hetero) is 1. The Morgan fingerprint density at radius 2 is 2.30 bits per heavy atom. The van der Waals surface area contributed by atoms with Gasteiger partial charge in [0.15, 0.2) is 12.0 Å². The van der Waals surface area contributed by atoms with Gasteiger partial charge in [-0.1, -0.05) is 5.92 Å².